The summed E-state index contributed by atoms with van der Waals surface area (Å²) in [5.41, 5.74) is 2.44. The summed E-state index contributed by atoms with van der Waals surface area (Å²) in [5.74, 6) is -0.327. The highest BCUT2D eigenvalue weighted by molar-refractivity contribution is 5.51. The van der Waals surface area contributed by atoms with Crippen molar-refractivity contribution in [2.75, 3.05) is 5.32 Å². The molecule has 0 saturated carbocycles. The number of hydrogen-bond acceptors (Lipinski definition) is 3. The zero-order valence-corrected chi connectivity index (χ0v) is 10.4. The lowest BCUT2D eigenvalue weighted by Crippen LogP contribution is -2.01. The van der Waals surface area contributed by atoms with Crippen molar-refractivity contribution in [3.05, 3.63) is 58.9 Å². The van der Waals surface area contributed by atoms with Crippen molar-refractivity contribution in [2.45, 2.75) is 13.5 Å². The van der Waals surface area contributed by atoms with E-state index in [0.29, 0.717) is 12.2 Å². The van der Waals surface area contributed by atoms with Crippen molar-refractivity contribution in [1.29, 1.82) is 5.26 Å². The summed E-state index contributed by atoms with van der Waals surface area (Å²) in [6.45, 7) is 2.35. The van der Waals surface area contributed by atoms with E-state index in [1.807, 2.05) is 19.1 Å². The first-order chi connectivity index (χ1) is 9.10. The molecule has 0 heterocycles. The van der Waals surface area contributed by atoms with E-state index >= 15 is 0 Å². The Morgan fingerprint density at radius 1 is 1.26 bits per heavy atom. The summed E-state index contributed by atoms with van der Waals surface area (Å²) >= 11 is 0. The molecule has 0 aliphatic heterocycles. The molecule has 2 rings (SSSR count). The van der Waals surface area contributed by atoms with Crippen LogP contribution in [0.5, 0.6) is 5.75 Å². The second-order valence-electron chi connectivity index (χ2n) is 4.29. The minimum absolute atomic E-state index is 0.00142. The molecule has 0 aliphatic rings. The van der Waals surface area contributed by atoms with Gasteiger partial charge in [-0.1, -0.05) is 17.7 Å². The standard InChI is InChI=1S/C15H13FN2O/c1-10-2-5-15(19)12(6-10)9-18-13-3-4-14(16)11(7-13)8-17/h2-7,18-19H,9H2,1H3. The molecule has 0 bridgehead atoms. The van der Waals surface area contributed by atoms with Gasteiger partial charge in [-0.2, -0.15) is 5.26 Å². The van der Waals surface area contributed by atoms with E-state index < -0.39 is 5.82 Å². The molecule has 96 valence electrons. The molecule has 0 unspecified atom stereocenters. The Kier molecular flexibility index (Phi) is 3.67. The number of anilines is 1. The number of halogens is 1. The highest BCUT2D eigenvalue weighted by atomic mass is 19.1. The van der Waals surface area contributed by atoms with Gasteiger partial charge in [-0.3, -0.25) is 0 Å². The van der Waals surface area contributed by atoms with Crippen LogP contribution < -0.4 is 5.32 Å². The third kappa shape index (κ3) is 3.02. The van der Waals surface area contributed by atoms with Crippen molar-refractivity contribution < 1.29 is 9.50 Å². The Morgan fingerprint density at radius 3 is 2.79 bits per heavy atom. The van der Waals surface area contributed by atoms with Gasteiger partial charge in [0.2, 0.25) is 0 Å². The fourth-order valence-electron chi connectivity index (χ4n) is 1.77. The van der Waals surface area contributed by atoms with Crippen molar-refractivity contribution in [2.24, 2.45) is 0 Å². The Morgan fingerprint density at radius 2 is 2.05 bits per heavy atom. The predicted molar refractivity (Wildman–Crippen MR) is 71.3 cm³/mol. The summed E-state index contributed by atoms with van der Waals surface area (Å²) in [5, 5.41) is 21.5. The van der Waals surface area contributed by atoms with Crippen LogP contribution in [0.4, 0.5) is 10.1 Å². The highest BCUT2D eigenvalue weighted by Crippen LogP contribution is 2.20. The van der Waals surface area contributed by atoms with Crippen LogP contribution in [-0.4, -0.2) is 5.11 Å². The van der Waals surface area contributed by atoms with Crippen LogP contribution >= 0.6 is 0 Å². The largest absolute Gasteiger partial charge is 0.508 e. The van der Waals surface area contributed by atoms with Gasteiger partial charge in [0, 0.05) is 17.8 Å². The maximum Gasteiger partial charge on any atom is 0.141 e. The average molecular weight is 256 g/mol. The zero-order valence-electron chi connectivity index (χ0n) is 10.4. The third-order valence-corrected chi connectivity index (χ3v) is 2.80. The molecule has 0 saturated heterocycles. The molecule has 0 aromatic heterocycles. The summed E-state index contributed by atoms with van der Waals surface area (Å²) < 4.78 is 13.2. The first-order valence-electron chi connectivity index (χ1n) is 5.82. The van der Waals surface area contributed by atoms with Crippen LogP contribution in [0.3, 0.4) is 0 Å². The van der Waals surface area contributed by atoms with Gasteiger partial charge >= 0.3 is 0 Å². The van der Waals surface area contributed by atoms with Crippen LogP contribution in [0.15, 0.2) is 36.4 Å². The number of phenols is 1. The number of nitrogens with zero attached hydrogens (tertiary/aromatic N) is 1. The molecule has 0 amide bonds. The number of phenolic OH excluding ortho intramolecular Hbond substituents is 1. The topological polar surface area (TPSA) is 56.0 Å². The predicted octanol–water partition coefficient (Wildman–Crippen LogP) is 3.32. The molecular formula is C15H13FN2O. The lowest BCUT2D eigenvalue weighted by atomic mass is 10.1. The first-order valence-corrected chi connectivity index (χ1v) is 5.82. The number of benzene rings is 2. The number of nitrogens with one attached hydrogen (secondary N) is 1. The van der Waals surface area contributed by atoms with Crippen LogP contribution in [0.2, 0.25) is 0 Å². The smallest absolute Gasteiger partial charge is 0.141 e. The van der Waals surface area contributed by atoms with E-state index in [4.69, 9.17) is 5.26 Å². The molecule has 2 aromatic rings. The summed E-state index contributed by atoms with van der Waals surface area (Å²) in [7, 11) is 0. The zero-order chi connectivity index (χ0) is 13.8. The van der Waals surface area contributed by atoms with Crippen LogP contribution in [0.1, 0.15) is 16.7 Å². The normalized spacial score (nSPS) is 9.95. The molecular weight excluding hydrogens is 243 g/mol. The van der Waals surface area contributed by atoms with Gasteiger partial charge in [0.05, 0.1) is 5.56 Å². The molecule has 19 heavy (non-hydrogen) atoms. The van der Waals surface area contributed by atoms with Crippen molar-refractivity contribution in [3.8, 4) is 11.8 Å². The van der Waals surface area contributed by atoms with Gasteiger partial charge in [-0.15, -0.1) is 0 Å². The van der Waals surface area contributed by atoms with E-state index in [1.54, 1.807) is 18.2 Å². The van der Waals surface area contributed by atoms with Gasteiger partial charge < -0.3 is 10.4 Å². The Balaban J connectivity index is 2.15. The second kappa shape index (κ2) is 5.40. The average Bonchev–Trinajstić information content (AvgIpc) is 2.41. The molecule has 0 atom stereocenters. The minimum atomic E-state index is -0.536. The van der Waals surface area contributed by atoms with Gasteiger partial charge in [0.1, 0.15) is 17.6 Å². The lowest BCUT2D eigenvalue weighted by molar-refractivity contribution is 0.469. The monoisotopic (exact) mass is 256 g/mol. The second-order valence-corrected chi connectivity index (χ2v) is 4.29. The molecule has 2 aromatic carbocycles. The Bertz CT molecular complexity index is 647. The van der Waals surface area contributed by atoms with Gasteiger partial charge in [0.25, 0.3) is 0 Å². The first kappa shape index (κ1) is 12.9. The van der Waals surface area contributed by atoms with Crippen molar-refractivity contribution in [1.82, 2.24) is 0 Å². The number of aryl methyl sites for hydroxylation is 1. The summed E-state index contributed by atoms with van der Waals surface area (Å²) in [4.78, 5) is 0. The molecule has 4 heteroatoms. The maximum atomic E-state index is 13.2. The highest BCUT2D eigenvalue weighted by Gasteiger charge is 2.04. The van der Waals surface area contributed by atoms with E-state index in [0.717, 1.165) is 11.1 Å². The Hall–Kier alpha value is -2.54. The van der Waals surface area contributed by atoms with Crippen molar-refractivity contribution in [3.63, 3.8) is 0 Å². The Labute approximate surface area is 110 Å². The fourth-order valence-corrected chi connectivity index (χ4v) is 1.77. The summed E-state index contributed by atoms with van der Waals surface area (Å²) in [6.07, 6.45) is 0. The maximum absolute atomic E-state index is 13.2. The van der Waals surface area contributed by atoms with Gasteiger partial charge in [0.15, 0.2) is 0 Å². The minimum Gasteiger partial charge on any atom is -0.508 e. The number of aromatic hydroxyl groups is 1. The van der Waals surface area contributed by atoms with E-state index in [1.165, 1.54) is 12.1 Å². The van der Waals surface area contributed by atoms with Crippen LogP contribution in [0.25, 0.3) is 0 Å². The molecule has 0 spiro atoms. The van der Waals surface area contributed by atoms with E-state index in [2.05, 4.69) is 5.32 Å². The van der Waals surface area contributed by atoms with E-state index in [9.17, 15) is 9.50 Å². The SMILES string of the molecule is Cc1ccc(O)c(CNc2ccc(F)c(C#N)c2)c1. The molecule has 0 aliphatic carbocycles. The van der Waals surface area contributed by atoms with Gasteiger partial charge in [-0.25, -0.2) is 4.39 Å². The molecule has 0 fully saturated rings. The van der Waals surface area contributed by atoms with Crippen molar-refractivity contribution >= 4 is 5.69 Å². The lowest BCUT2D eigenvalue weighted by Gasteiger charge is -2.09. The number of rotatable bonds is 3. The molecule has 3 nitrogen and oxygen atoms in total. The number of nitriles is 1. The quantitative estimate of drug-likeness (QED) is 0.885. The van der Waals surface area contributed by atoms with Crippen LogP contribution in [-0.2, 0) is 6.54 Å². The summed E-state index contributed by atoms with van der Waals surface area (Å²) in [6, 6.07) is 11.4. The number of hydrogen-bond donors (Lipinski definition) is 2. The fraction of sp³-hybridized carbons (Fsp3) is 0.133. The third-order valence-electron chi connectivity index (χ3n) is 2.80. The van der Waals surface area contributed by atoms with E-state index in [-0.39, 0.29) is 11.3 Å². The van der Waals surface area contributed by atoms with Gasteiger partial charge in [-0.05, 0) is 31.2 Å². The van der Waals surface area contributed by atoms with Crippen LogP contribution in [0, 0.1) is 24.1 Å². The molecule has 2 N–H and O–H groups in total. The molecule has 0 radical (unpaired) electrons.